The van der Waals surface area contributed by atoms with Gasteiger partial charge in [0, 0.05) is 11.8 Å². The molecule has 106 valence electrons. The number of hydrogen-bond donors (Lipinski definition) is 0. The Hall–Kier alpha value is -1.97. The number of nitrogens with zero attached hydrogens (tertiary/aromatic N) is 2. The van der Waals surface area contributed by atoms with Gasteiger partial charge in [0.25, 0.3) is 0 Å². The molecule has 0 fully saturated rings. The van der Waals surface area contributed by atoms with Gasteiger partial charge in [-0.05, 0) is 31.0 Å². The van der Waals surface area contributed by atoms with Crippen molar-refractivity contribution in [1.29, 1.82) is 0 Å². The summed E-state index contributed by atoms with van der Waals surface area (Å²) in [4.78, 5) is 8.74. The Labute approximate surface area is 118 Å². The lowest BCUT2D eigenvalue weighted by Crippen LogP contribution is -1.94. The summed E-state index contributed by atoms with van der Waals surface area (Å²) >= 11 is 0. The third kappa shape index (κ3) is 3.53. The SMILES string of the molecule is CCCCCc1cnc(-c2ccc(OC)c(F)c2)cn1. The van der Waals surface area contributed by atoms with E-state index in [9.17, 15) is 4.39 Å². The lowest BCUT2D eigenvalue weighted by atomic mass is 10.1. The Bertz CT molecular complexity index is 555. The summed E-state index contributed by atoms with van der Waals surface area (Å²) in [6.45, 7) is 2.17. The second-order valence-electron chi connectivity index (χ2n) is 4.70. The van der Waals surface area contributed by atoms with Crippen molar-refractivity contribution in [1.82, 2.24) is 9.97 Å². The van der Waals surface area contributed by atoms with Gasteiger partial charge < -0.3 is 4.74 Å². The van der Waals surface area contributed by atoms with Crippen LogP contribution in [0.1, 0.15) is 31.9 Å². The first kappa shape index (κ1) is 14.4. The Morgan fingerprint density at radius 1 is 1.15 bits per heavy atom. The number of aryl methyl sites for hydroxylation is 1. The molecule has 2 aromatic rings. The van der Waals surface area contributed by atoms with Crippen LogP contribution < -0.4 is 4.74 Å². The monoisotopic (exact) mass is 274 g/mol. The Kier molecular flexibility index (Phi) is 5.04. The topological polar surface area (TPSA) is 35.0 Å². The van der Waals surface area contributed by atoms with Crippen molar-refractivity contribution < 1.29 is 9.13 Å². The molecule has 0 aliphatic rings. The van der Waals surface area contributed by atoms with Crippen LogP contribution >= 0.6 is 0 Å². The minimum atomic E-state index is -0.390. The van der Waals surface area contributed by atoms with E-state index in [0.29, 0.717) is 11.3 Å². The molecule has 0 saturated carbocycles. The number of benzene rings is 1. The molecule has 1 aromatic heterocycles. The van der Waals surface area contributed by atoms with E-state index < -0.39 is 0 Å². The van der Waals surface area contributed by atoms with Gasteiger partial charge in [0.05, 0.1) is 24.7 Å². The van der Waals surface area contributed by atoms with Crippen molar-refractivity contribution in [2.24, 2.45) is 0 Å². The van der Waals surface area contributed by atoms with E-state index in [4.69, 9.17) is 4.74 Å². The van der Waals surface area contributed by atoms with Crippen LogP contribution in [0.25, 0.3) is 11.3 Å². The summed E-state index contributed by atoms with van der Waals surface area (Å²) < 4.78 is 18.5. The molecule has 4 heteroatoms. The van der Waals surface area contributed by atoms with Gasteiger partial charge >= 0.3 is 0 Å². The second kappa shape index (κ2) is 6.98. The van der Waals surface area contributed by atoms with Crippen molar-refractivity contribution >= 4 is 0 Å². The fourth-order valence-corrected chi connectivity index (χ4v) is 2.01. The van der Waals surface area contributed by atoms with E-state index >= 15 is 0 Å². The third-order valence-electron chi connectivity index (χ3n) is 3.19. The largest absolute Gasteiger partial charge is 0.494 e. The minimum Gasteiger partial charge on any atom is -0.494 e. The summed E-state index contributed by atoms with van der Waals surface area (Å²) in [6.07, 6.45) is 7.93. The molecule has 0 bridgehead atoms. The van der Waals surface area contributed by atoms with Crippen molar-refractivity contribution in [2.45, 2.75) is 32.6 Å². The van der Waals surface area contributed by atoms with Gasteiger partial charge in [-0.2, -0.15) is 0 Å². The van der Waals surface area contributed by atoms with E-state index in [-0.39, 0.29) is 11.6 Å². The van der Waals surface area contributed by atoms with Gasteiger partial charge in [0.2, 0.25) is 0 Å². The van der Waals surface area contributed by atoms with Crippen LogP contribution in [-0.2, 0) is 6.42 Å². The number of ether oxygens (including phenoxy) is 1. The molecule has 0 saturated heterocycles. The van der Waals surface area contributed by atoms with Crippen LogP contribution in [0.2, 0.25) is 0 Å². The smallest absolute Gasteiger partial charge is 0.165 e. The van der Waals surface area contributed by atoms with Gasteiger partial charge in [-0.3, -0.25) is 9.97 Å². The van der Waals surface area contributed by atoms with Crippen LogP contribution in [0.5, 0.6) is 5.75 Å². The van der Waals surface area contributed by atoms with Gasteiger partial charge in [0.1, 0.15) is 0 Å². The summed E-state index contributed by atoms with van der Waals surface area (Å²) in [7, 11) is 1.45. The highest BCUT2D eigenvalue weighted by molar-refractivity contribution is 5.59. The van der Waals surface area contributed by atoms with Crippen LogP contribution in [0, 0.1) is 5.82 Å². The van der Waals surface area contributed by atoms with E-state index in [0.717, 1.165) is 18.5 Å². The first-order valence-corrected chi connectivity index (χ1v) is 6.89. The van der Waals surface area contributed by atoms with Crippen molar-refractivity contribution in [2.75, 3.05) is 7.11 Å². The molecule has 0 radical (unpaired) electrons. The molecule has 0 N–H and O–H groups in total. The number of hydrogen-bond acceptors (Lipinski definition) is 3. The maximum Gasteiger partial charge on any atom is 0.165 e. The van der Waals surface area contributed by atoms with Gasteiger partial charge in [0.15, 0.2) is 11.6 Å². The predicted molar refractivity (Wildman–Crippen MR) is 77.2 cm³/mol. The molecule has 0 spiro atoms. The van der Waals surface area contributed by atoms with Crippen LogP contribution in [0.3, 0.4) is 0 Å². The lowest BCUT2D eigenvalue weighted by molar-refractivity contribution is 0.386. The highest BCUT2D eigenvalue weighted by atomic mass is 19.1. The van der Waals surface area contributed by atoms with Crippen molar-refractivity contribution in [3.05, 3.63) is 42.1 Å². The number of methoxy groups -OCH3 is 1. The summed E-state index contributed by atoms with van der Waals surface area (Å²) in [5, 5.41) is 0. The van der Waals surface area contributed by atoms with E-state index in [1.165, 1.54) is 26.0 Å². The maximum atomic E-state index is 13.6. The number of unbranched alkanes of at least 4 members (excludes halogenated alkanes) is 2. The maximum absolute atomic E-state index is 13.6. The van der Waals surface area contributed by atoms with E-state index in [1.54, 1.807) is 24.5 Å². The molecule has 2 rings (SSSR count). The second-order valence-corrected chi connectivity index (χ2v) is 4.70. The minimum absolute atomic E-state index is 0.234. The molecule has 1 heterocycles. The molecule has 0 amide bonds. The summed E-state index contributed by atoms with van der Waals surface area (Å²) in [6, 6.07) is 4.80. The van der Waals surface area contributed by atoms with E-state index in [1.807, 2.05) is 0 Å². The number of halogens is 1. The van der Waals surface area contributed by atoms with Gasteiger partial charge in [-0.15, -0.1) is 0 Å². The number of rotatable bonds is 6. The fraction of sp³-hybridized carbons (Fsp3) is 0.375. The van der Waals surface area contributed by atoms with E-state index in [2.05, 4.69) is 16.9 Å². The summed E-state index contributed by atoms with van der Waals surface area (Å²) in [5.41, 5.74) is 2.36. The fourth-order valence-electron chi connectivity index (χ4n) is 2.01. The molecule has 3 nitrogen and oxygen atoms in total. The average molecular weight is 274 g/mol. The number of aromatic nitrogens is 2. The van der Waals surface area contributed by atoms with Crippen LogP contribution in [0.4, 0.5) is 4.39 Å². The molecule has 0 aliphatic heterocycles. The first-order valence-electron chi connectivity index (χ1n) is 6.89. The molecular formula is C16H19FN2O. The Balaban J connectivity index is 2.11. The molecule has 0 atom stereocenters. The predicted octanol–water partition coefficient (Wildman–Crippen LogP) is 4.02. The average Bonchev–Trinajstić information content (AvgIpc) is 2.48. The first-order chi connectivity index (χ1) is 9.74. The molecule has 20 heavy (non-hydrogen) atoms. The molecular weight excluding hydrogens is 255 g/mol. The van der Waals surface area contributed by atoms with Crippen molar-refractivity contribution in [3.63, 3.8) is 0 Å². The lowest BCUT2D eigenvalue weighted by Gasteiger charge is -2.05. The zero-order valence-corrected chi connectivity index (χ0v) is 11.9. The van der Waals surface area contributed by atoms with Gasteiger partial charge in [-0.1, -0.05) is 19.8 Å². The quantitative estimate of drug-likeness (QED) is 0.746. The molecule has 0 unspecified atom stereocenters. The highest BCUT2D eigenvalue weighted by Crippen LogP contribution is 2.23. The van der Waals surface area contributed by atoms with Gasteiger partial charge in [-0.25, -0.2) is 4.39 Å². The third-order valence-corrected chi connectivity index (χ3v) is 3.19. The summed E-state index contributed by atoms with van der Waals surface area (Å²) in [5.74, 6) is -0.156. The van der Waals surface area contributed by atoms with Crippen LogP contribution in [0.15, 0.2) is 30.6 Å². The normalized spacial score (nSPS) is 10.6. The van der Waals surface area contributed by atoms with Crippen molar-refractivity contribution in [3.8, 4) is 17.0 Å². The Morgan fingerprint density at radius 2 is 2.00 bits per heavy atom. The molecule has 1 aromatic carbocycles. The Morgan fingerprint density at radius 3 is 2.60 bits per heavy atom. The highest BCUT2D eigenvalue weighted by Gasteiger charge is 2.06. The van der Waals surface area contributed by atoms with Crippen LogP contribution in [-0.4, -0.2) is 17.1 Å². The zero-order chi connectivity index (χ0) is 14.4. The standard InChI is InChI=1S/C16H19FN2O/c1-3-4-5-6-13-10-19-15(11-18-13)12-7-8-16(20-2)14(17)9-12/h7-11H,3-6H2,1-2H3. The zero-order valence-electron chi connectivity index (χ0n) is 11.9. The molecule has 0 aliphatic carbocycles.